The van der Waals surface area contributed by atoms with Crippen LogP contribution in [-0.2, 0) is 4.75 Å². The molecule has 0 radical (unpaired) electrons. The van der Waals surface area contributed by atoms with Gasteiger partial charge >= 0.3 is 0 Å². The third kappa shape index (κ3) is 2.79. The van der Waals surface area contributed by atoms with Crippen LogP contribution in [0.5, 0.6) is 0 Å². The molecule has 90 valence electrons. The van der Waals surface area contributed by atoms with Gasteiger partial charge in [-0.25, -0.2) is 0 Å². The average Bonchev–Trinajstić information content (AvgIpc) is 2.27. The molecule has 0 aliphatic heterocycles. The highest BCUT2D eigenvalue weighted by atomic mass is 33.1. The van der Waals surface area contributed by atoms with Crippen LogP contribution in [0.2, 0.25) is 0 Å². The summed E-state index contributed by atoms with van der Waals surface area (Å²) in [7, 11) is 3.42. The SMILES string of the molecule is CNCCNc1c(C(C)(C)SS)c(=S)c1=S. The molecule has 0 spiro atoms. The van der Waals surface area contributed by atoms with Crippen LogP contribution in [0.1, 0.15) is 19.4 Å². The first-order chi connectivity index (χ1) is 7.45. The van der Waals surface area contributed by atoms with Gasteiger partial charge in [0.05, 0.1) is 14.7 Å². The minimum Gasteiger partial charge on any atom is -0.382 e. The zero-order valence-corrected chi connectivity index (χ0v) is 12.9. The van der Waals surface area contributed by atoms with Crippen LogP contribution in [0.15, 0.2) is 0 Å². The first-order valence-corrected chi connectivity index (χ1v) is 7.69. The Hall–Kier alpha value is 0.380. The molecule has 0 saturated heterocycles. The fourth-order valence-electron chi connectivity index (χ4n) is 1.49. The van der Waals surface area contributed by atoms with Crippen LogP contribution in [0.4, 0.5) is 5.69 Å². The average molecular weight is 293 g/mol. The summed E-state index contributed by atoms with van der Waals surface area (Å²) in [5.74, 6) is 0. The second-order valence-electron chi connectivity index (χ2n) is 4.04. The van der Waals surface area contributed by atoms with E-state index < -0.39 is 0 Å². The minimum absolute atomic E-state index is 0.0928. The Morgan fingerprint density at radius 2 is 1.88 bits per heavy atom. The molecular formula is C10H16N2S4. The van der Waals surface area contributed by atoms with E-state index in [0.29, 0.717) is 0 Å². The van der Waals surface area contributed by atoms with Crippen molar-refractivity contribution in [2.24, 2.45) is 0 Å². The van der Waals surface area contributed by atoms with Gasteiger partial charge in [-0.05, 0) is 20.9 Å². The summed E-state index contributed by atoms with van der Waals surface area (Å²) in [6.07, 6.45) is 0. The Labute approximate surface area is 116 Å². The lowest BCUT2D eigenvalue weighted by atomic mass is 9.96. The van der Waals surface area contributed by atoms with Crippen LogP contribution in [0, 0.1) is 9.02 Å². The van der Waals surface area contributed by atoms with E-state index in [1.165, 1.54) is 10.8 Å². The molecule has 0 amide bonds. The molecule has 16 heavy (non-hydrogen) atoms. The molecule has 2 nitrogen and oxygen atoms in total. The maximum absolute atomic E-state index is 5.30. The molecule has 1 aromatic rings. The Balaban J connectivity index is 2.91. The molecule has 0 aliphatic rings. The molecule has 1 rings (SSSR count). The highest BCUT2D eigenvalue weighted by Gasteiger charge is 2.29. The molecule has 2 N–H and O–H groups in total. The van der Waals surface area contributed by atoms with Crippen molar-refractivity contribution < 1.29 is 0 Å². The Morgan fingerprint density at radius 3 is 2.38 bits per heavy atom. The van der Waals surface area contributed by atoms with Gasteiger partial charge in [-0.3, -0.25) is 0 Å². The van der Waals surface area contributed by atoms with Crippen molar-refractivity contribution in [1.82, 2.24) is 5.32 Å². The number of likely N-dealkylation sites (N-methyl/N-ethyl adjacent to an activating group) is 1. The van der Waals surface area contributed by atoms with E-state index in [1.54, 1.807) is 0 Å². The van der Waals surface area contributed by atoms with E-state index in [4.69, 9.17) is 24.4 Å². The Kier molecular flexibility index (Phi) is 5.25. The Bertz CT molecular complexity index is 432. The first kappa shape index (κ1) is 14.4. The van der Waals surface area contributed by atoms with Crippen molar-refractivity contribution in [3.63, 3.8) is 0 Å². The molecule has 0 atom stereocenters. The predicted octanol–water partition coefficient (Wildman–Crippen LogP) is 3.47. The summed E-state index contributed by atoms with van der Waals surface area (Å²) < 4.78 is 1.51. The second-order valence-corrected chi connectivity index (χ2v) is 6.61. The van der Waals surface area contributed by atoms with Gasteiger partial charge in [-0.2, -0.15) is 0 Å². The molecule has 1 aromatic carbocycles. The van der Waals surface area contributed by atoms with Gasteiger partial charge in [-0.1, -0.05) is 35.2 Å². The third-order valence-electron chi connectivity index (χ3n) is 2.42. The smallest absolute Gasteiger partial charge is 0.0797 e. The highest BCUT2D eigenvalue weighted by molar-refractivity contribution is 8.69. The predicted molar refractivity (Wildman–Crippen MR) is 82.5 cm³/mol. The normalized spacial score (nSPS) is 12.0. The number of hydrogen-bond acceptors (Lipinski definition) is 6. The van der Waals surface area contributed by atoms with Crippen molar-refractivity contribution >= 4 is 52.6 Å². The van der Waals surface area contributed by atoms with Gasteiger partial charge in [0.15, 0.2) is 0 Å². The number of nitrogens with one attached hydrogen (secondary N) is 2. The quantitative estimate of drug-likeness (QED) is 0.323. The van der Waals surface area contributed by atoms with Crippen molar-refractivity contribution in [2.75, 3.05) is 25.5 Å². The van der Waals surface area contributed by atoms with Crippen molar-refractivity contribution in [1.29, 1.82) is 0 Å². The molecule has 0 unspecified atom stereocenters. The minimum atomic E-state index is -0.0928. The van der Waals surface area contributed by atoms with E-state index >= 15 is 0 Å². The van der Waals surface area contributed by atoms with Crippen molar-refractivity contribution in [2.45, 2.75) is 18.6 Å². The van der Waals surface area contributed by atoms with Gasteiger partial charge in [-0.15, -0.1) is 11.7 Å². The van der Waals surface area contributed by atoms with E-state index in [9.17, 15) is 0 Å². The lowest BCUT2D eigenvalue weighted by molar-refractivity contribution is 0.772. The molecule has 6 heteroatoms. The van der Waals surface area contributed by atoms with E-state index in [1.807, 2.05) is 7.05 Å². The maximum atomic E-state index is 5.30. The van der Waals surface area contributed by atoms with Crippen LogP contribution in [-0.4, -0.2) is 20.1 Å². The van der Waals surface area contributed by atoms with Gasteiger partial charge in [0.25, 0.3) is 0 Å². The lowest BCUT2D eigenvalue weighted by Gasteiger charge is -2.28. The molecule has 0 fully saturated rings. The fourth-order valence-corrected chi connectivity index (χ4v) is 2.86. The molecule has 0 heterocycles. The zero-order valence-electron chi connectivity index (χ0n) is 9.59. The molecule has 0 saturated carbocycles. The molecular weight excluding hydrogens is 276 g/mol. The summed E-state index contributed by atoms with van der Waals surface area (Å²) in [5, 5.41) is 6.42. The Morgan fingerprint density at radius 1 is 1.25 bits per heavy atom. The van der Waals surface area contributed by atoms with Gasteiger partial charge < -0.3 is 10.6 Å². The highest BCUT2D eigenvalue weighted by Crippen LogP contribution is 2.45. The molecule has 0 aliphatic carbocycles. The lowest BCUT2D eigenvalue weighted by Crippen LogP contribution is -2.23. The summed E-state index contributed by atoms with van der Waals surface area (Å²) in [6.45, 7) is 5.97. The van der Waals surface area contributed by atoms with Crippen LogP contribution in [0.3, 0.4) is 0 Å². The van der Waals surface area contributed by atoms with E-state index in [-0.39, 0.29) is 4.75 Å². The monoisotopic (exact) mass is 292 g/mol. The van der Waals surface area contributed by atoms with Crippen molar-refractivity contribution in [3.8, 4) is 0 Å². The van der Waals surface area contributed by atoms with Crippen molar-refractivity contribution in [3.05, 3.63) is 14.6 Å². The van der Waals surface area contributed by atoms with Gasteiger partial charge in [0.1, 0.15) is 0 Å². The number of thiol groups is 1. The number of hydrogen-bond donors (Lipinski definition) is 3. The number of anilines is 1. The molecule has 0 aromatic heterocycles. The number of rotatable bonds is 6. The first-order valence-electron chi connectivity index (χ1n) is 5.00. The van der Waals surface area contributed by atoms with Crippen LogP contribution >= 0.6 is 46.9 Å². The standard InChI is InChI=1S/C10H16N2S4/c1-10(2,16-15)6-7(9(14)8(6)13)12-5-4-11-3/h11-12,15H,4-5H2,1-3H3. The van der Waals surface area contributed by atoms with E-state index in [0.717, 1.165) is 33.4 Å². The second kappa shape index (κ2) is 5.82. The molecule has 0 bridgehead atoms. The third-order valence-corrected chi connectivity index (χ3v) is 5.39. The fraction of sp³-hybridized carbons (Fsp3) is 0.600. The summed E-state index contributed by atoms with van der Waals surface area (Å²) in [6, 6.07) is 0. The summed E-state index contributed by atoms with van der Waals surface area (Å²) in [5.41, 5.74) is 2.16. The maximum Gasteiger partial charge on any atom is 0.0797 e. The van der Waals surface area contributed by atoms with Gasteiger partial charge in [0.2, 0.25) is 0 Å². The summed E-state index contributed by atoms with van der Waals surface area (Å²) in [4.78, 5) is 0. The van der Waals surface area contributed by atoms with Crippen LogP contribution < -0.4 is 10.6 Å². The summed E-state index contributed by atoms with van der Waals surface area (Å²) >= 11 is 14.8. The van der Waals surface area contributed by atoms with Gasteiger partial charge in [0, 0.05) is 23.4 Å². The zero-order chi connectivity index (χ0) is 12.3. The largest absolute Gasteiger partial charge is 0.382 e. The topological polar surface area (TPSA) is 24.1 Å². The van der Waals surface area contributed by atoms with Crippen LogP contribution in [0.25, 0.3) is 0 Å². The van der Waals surface area contributed by atoms with E-state index in [2.05, 4.69) is 36.1 Å².